The summed E-state index contributed by atoms with van der Waals surface area (Å²) in [4.78, 5) is 14.4. The first-order valence-electron chi connectivity index (χ1n) is 11.4. The van der Waals surface area contributed by atoms with Crippen LogP contribution in [0.25, 0.3) is 0 Å². The number of rotatable bonds is 18. The molecule has 0 heterocycles. The highest BCUT2D eigenvalue weighted by atomic mass is 16.2. The third-order valence-corrected chi connectivity index (χ3v) is 5.38. The lowest BCUT2D eigenvalue weighted by atomic mass is 9.98. The predicted molar refractivity (Wildman–Crippen MR) is 112 cm³/mol. The molecule has 2 heteroatoms. The summed E-state index contributed by atoms with van der Waals surface area (Å²) >= 11 is 0. The maximum absolute atomic E-state index is 12.2. The molecule has 0 aromatic carbocycles. The molecule has 0 N–H and O–H groups in total. The second-order valence-electron chi connectivity index (χ2n) is 7.83. The minimum Gasteiger partial charge on any atom is -0.340 e. The summed E-state index contributed by atoms with van der Waals surface area (Å²) in [6.07, 6.45) is 20.9. The second kappa shape index (κ2) is 18.3. The molecule has 0 aromatic rings. The van der Waals surface area contributed by atoms with Crippen LogP contribution in [0.1, 0.15) is 130 Å². The molecule has 0 aromatic heterocycles. The van der Waals surface area contributed by atoms with E-state index in [0.29, 0.717) is 6.04 Å². The van der Waals surface area contributed by atoms with Crippen LogP contribution in [0.2, 0.25) is 0 Å². The SMILES string of the molecule is CCCCCCCCC(CCCCCCCC)N(CCCC)C(C)=O. The number of nitrogens with zero attached hydrogens (tertiary/aromatic N) is 1. The highest BCUT2D eigenvalue weighted by Crippen LogP contribution is 2.19. The Morgan fingerprint density at radius 2 is 1.04 bits per heavy atom. The number of unbranched alkanes of at least 4 members (excludes halogenated alkanes) is 11. The third kappa shape index (κ3) is 14.3. The normalized spacial score (nSPS) is 11.2. The van der Waals surface area contributed by atoms with Crippen LogP contribution in [-0.2, 0) is 4.79 Å². The van der Waals surface area contributed by atoms with Crippen molar-refractivity contribution in [3.05, 3.63) is 0 Å². The summed E-state index contributed by atoms with van der Waals surface area (Å²) in [5.41, 5.74) is 0. The lowest BCUT2D eigenvalue weighted by Gasteiger charge is -2.31. The molecular weight excluding hydrogens is 306 g/mol. The fourth-order valence-electron chi connectivity index (χ4n) is 3.70. The van der Waals surface area contributed by atoms with Crippen LogP contribution in [0.5, 0.6) is 0 Å². The maximum Gasteiger partial charge on any atom is 0.219 e. The Balaban J connectivity index is 4.29. The van der Waals surface area contributed by atoms with Crippen LogP contribution in [0.4, 0.5) is 0 Å². The largest absolute Gasteiger partial charge is 0.340 e. The van der Waals surface area contributed by atoms with Gasteiger partial charge in [-0.15, -0.1) is 0 Å². The van der Waals surface area contributed by atoms with Crippen LogP contribution < -0.4 is 0 Å². The molecule has 0 saturated heterocycles. The quantitative estimate of drug-likeness (QED) is 0.233. The Hall–Kier alpha value is -0.530. The van der Waals surface area contributed by atoms with E-state index in [1.165, 1.54) is 96.3 Å². The van der Waals surface area contributed by atoms with E-state index in [0.717, 1.165) is 13.0 Å². The topological polar surface area (TPSA) is 20.3 Å². The molecule has 0 unspecified atom stereocenters. The number of amides is 1. The van der Waals surface area contributed by atoms with Gasteiger partial charge in [0.05, 0.1) is 0 Å². The van der Waals surface area contributed by atoms with Crippen molar-refractivity contribution in [3.8, 4) is 0 Å². The van der Waals surface area contributed by atoms with Gasteiger partial charge in [-0.3, -0.25) is 4.79 Å². The summed E-state index contributed by atoms with van der Waals surface area (Å²) in [6.45, 7) is 9.49. The average Bonchev–Trinajstić information content (AvgIpc) is 2.60. The van der Waals surface area contributed by atoms with Crippen molar-refractivity contribution >= 4 is 5.91 Å². The summed E-state index contributed by atoms with van der Waals surface area (Å²) < 4.78 is 0. The number of carbonyl (C=O) groups is 1. The Morgan fingerprint density at radius 3 is 1.44 bits per heavy atom. The maximum atomic E-state index is 12.2. The minimum absolute atomic E-state index is 0.287. The Bertz CT molecular complexity index is 274. The first-order valence-corrected chi connectivity index (χ1v) is 11.4. The molecule has 2 nitrogen and oxygen atoms in total. The first kappa shape index (κ1) is 24.5. The average molecular weight is 354 g/mol. The minimum atomic E-state index is 0.287. The molecule has 0 aliphatic heterocycles. The first-order chi connectivity index (χ1) is 12.2. The van der Waals surface area contributed by atoms with Crippen molar-refractivity contribution in [2.24, 2.45) is 0 Å². The number of hydrogen-bond acceptors (Lipinski definition) is 1. The van der Waals surface area contributed by atoms with Crippen molar-refractivity contribution in [2.75, 3.05) is 6.54 Å². The van der Waals surface area contributed by atoms with Gasteiger partial charge in [-0.25, -0.2) is 0 Å². The highest BCUT2D eigenvalue weighted by molar-refractivity contribution is 5.73. The van der Waals surface area contributed by atoms with Crippen molar-refractivity contribution in [1.82, 2.24) is 4.90 Å². The number of hydrogen-bond donors (Lipinski definition) is 0. The van der Waals surface area contributed by atoms with Gasteiger partial charge in [0.15, 0.2) is 0 Å². The molecule has 0 radical (unpaired) electrons. The summed E-state index contributed by atoms with van der Waals surface area (Å²) in [6, 6.07) is 0.487. The van der Waals surface area contributed by atoms with Crippen LogP contribution >= 0.6 is 0 Å². The van der Waals surface area contributed by atoms with Gasteiger partial charge in [-0.1, -0.05) is 104 Å². The van der Waals surface area contributed by atoms with E-state index < -0.39 is 0 Å². The van der Waals surface area contributed by atoms with Crippen LogP contribution in [0.3, 0.4) is 0 Å². The van der Waals surface area contributed by atoms with E-state index in [4.69, 9.17) is 0 Å². The molecule has 1 amide bonds. The zero-order valence-corrected chi connectivity index (χ0v) is 18.0. The van der Waals surface area contributed by atoms with Gasteiger partial charge in [0.25, 0.3) is 0 Å². The molecule has 150 valence electrons. The van der Waals surface area contributed by atoms with Crippen molar-refractivity contribution < 1.29 is 4.79 Å². The van der Waals surface area contributed by atoms with Crippen LogP contribution in [-0.4, -0.2) is 23.4 Å². The third-order valence-electron chi connectivity index (χ3n) is 5.38. The van der Waals surface area contributed by atoms with Gasteiger partial charge in [-0.05, 0) is 19.3 Å². The molecule has 0 aliphatic rings. The predicted octanol–water partition coefficient (Wildman–Crippen LogP) is 7.50. The van der Waals surface area contributed by atoms with E-state index in [1.807, 2.05) is 0 Å². The van der Waals surface area contributed by atoms with Gasteiger partial charge in [0.1, 0.15) is 0 Å². The van der Waals surface area contributed by atoms with E-state index >= 15 is 0 Å². The molecule has 0 fully saturated rings. The highest BCUT2D eigenvalue weighted by Gasteiger charge is 2.19. The zero-order valence-electron chi connectivity index (χ0n) is 18.0. The lowest BCUT2D eigenvalue weighted by Crippen LogP contribution is -2.39. The van der Waals surface area contributed by atoms with Gasteiger partial charge in [-0.2, -0.15) is 0 Å². The Morgan fingerprint density at radius 1 is 0.640 bits per heavy atom. The molecular formula is C23H47NO. The van der Waals surface area contributed by atoms with E-state index in [-0.39, 0.29) is 5.91 Å². The van der Waals surface area contributed by atoms with Gasteiger partial charge >= 0.3 is 0 Å². The summed E-state index contributed by atoms with van der Waals surface area (Å²) in [7, 11) is 0. The standard InChI is InChI=1S/C23H47NO/c1-5-8-11-13-15-17-19-23(20-18-16-14-12-9-6-2)24(22(4)25)21-10-7-3/h23H,5-21H2,1-4H3. The molecule has 0 bridgehead atoms. The van der Waals surface area contributed by atoms with Gasteiger partial charge < -0.3 is 4.90 Å². The molecule has 0 aliphatic carbocycles. The van der Waals surface area contributed by atoms with Crippen molar-refractivity contribution in [1.29, 1.82) is 0 Å². The second-order valence-corrected chi connectivity index (χ2v) is 7.83. The zero-order chi connectivity index (χ0) is 18.8. The van der Waals surface area contributed by atoms with Gasteiger partial charge in [0.2, 0.25) is 5.91 Å². The van der Waals surface area contributed by atoms with E-state index in [2.05, 4.69) is 25.7 Å². The smallest absolute Gasteiger partial charge is 0.219 e. The summed E-state index contributed by atoms with van der Waals surface area (Å²) in [5.74, 6) is 0.287. The number of carbonyl (C=O) groups excluding carboxylic acids is 1. The molecule has 0 rings (SSSR count). The van der Waals surface area contributed by atoms with E-state index in [9.17, 15) is 4.79 Å². The molecule has 0 saturated carbocycles. The molecule has 0 atom stereocenters. The van der Waals surface area contributed by atoms with E-state index in [1.54, 1.807) is 6.92 Å². The van der Waals surface area contributed by atoms with Crippen LogP contribution in [0, 0.1) is 0 Å². The van der Waals surface area contributed by atoms with Crippen molar-refractivity contribution in [3.63, 3.8) is 0 Å². The fraction of sp³-hybridized carbons (Fsp3) is 0.957. The molecule has 0 spiro atoms. The molecule has 25 heavy (non-hydrogen) atoms. The fourth-order valence-corrected chi connectivity index (χ4v) is 3.70. The Labute approximate surface area is 159 Å². The Kier molecular flexibility index (Phi) is 17.9. The summed E-state index contributed by atoms with van der Waals surface area (Å²) in [5, 5.41) is 0. The lowest BCUT2D eigenvalue weighted by molar-refractivity contribution is -0.131. The van der Waals surface area contributed by atoms with Crippen LogP contribution in [0.15, 0.2) is 0 Å². The monoisotopic (exact) mass is 353 g/mol. The van der Waals surface area contributed by atoms with Crippen molar-refractivity contribution in [2.45, 2.75) is 136 Å². The van der Waals surface area contributed by atoms with Gasteiger partial charge in [0, 0.05) is 19.5 Å².